The quantitative estimate of drug-likeness (QED) is 0.819. The normalized spacial score (nSPS) is 11.5. The van der Waals surface area contributed by atoms with Crippen LogP contribution in [0.3, 0.4) is 0 Å². The molecule has 0 radical (unpaired) electrons. The van der Waals surface area contributed by atoms with E-state index in [0.717, 1.165) is 5.39 Å². The van der Waals surface area contributed by atoms with Crippen molar-refractivity contribution >= 4 is 22.8 Å². The van der Waals surface area contributed by atoms with Gasteiger partial charge in [-0.2, -0.15) is 0 Å². The first-order valence-corrected chi connectivity index (χ1v) is 7.36. The van der Waals surface area contributed by atoms with Crippen LogP contribution in [-0.2, 0) is 16.0 Å². The van der Waals surface area contributed by atoms with Gasteiger partial charge in [0.05, 0.1) is 11.8 Å². The maximum Gasteiger partial charge on any atom is 0.311 e. The first kappa shape index (κ1) is 16.0. The number of para-hydroxylation sites is 1. The molecule has 118 valence electrons. The van der Waals surface area contributed by atoms with E-state index in [1.54, 1.807) is 6.07 Å². The van der Waals surface area contributed by atoms with Gasteiger partial charge in [0.15, 0.2) is 5.58 Å². The first-order chi connectivity index (χ1) is 10.5. The number of hydrogen-bond acceptors (Lipinski definition) is 4. The number of carboxylic acids is 1. The van der Waals surface area contributed by atoms with Crippen molar-refractivity contribution in [3.8, 4) is 0 Å². The molecule has 1 amide bonds. The standard InChI is InChI=1S/C16H20N2O4/c1-3-16(4-2,15(20)21)10-17-14(19)9-12-11-7-5-6-8-13(11)22-18-12/h5-8H,3-4,9-10H2,1-2H3,(H,17,19)(H,20,21). The second kappa shape index (κ2) is 6.60. The molecule has 0 aliphatic rings. The zero-order chi connectivity index (χ0) is 16.2. The van der Waals surface area contributed by atoms with Crippen molar-refractivity contribution in [2.75, 3.05) is 6.54 Å². The Morgan fingerprint density at radius 1 is 1.27 bits per heavy atom. The van der Waals surface area contributed by atoms with E-state index in [4.69, 9.17) is 4.52 Å². The lowest BCUT2D eigenvalue weighted by Crippen LogP contribution is -2.42. The summed E-state index contributed by atoms with van der Waals surface area (Å²) < 4.78 is 5.15. The van der Waals surface area contributed by atoms with Gasteiger partial charge in [-0.05, 0) is 25.0 Å². The Balaban J connectivity index is 2.03. The molecule has 1 aromatic heterocycles. The van der Waals surface area contributed by atoms with Gasteiger partial charge in [-0.25, -0.2) is 0 Å². The van der Waals surface area contributed by atoms with E-state index in [9.17, 15) is 14.7 Å². The zero-order valence-corrected chi connectivity index (χ0v) is 12.8. The minimum Gasteiger partial charge on any atom is -0.481 e. The van der Waals surface area contributed by atoms with Crippen LogP contribution in [0.4, 0.5) is 0 Å². The van der Waals surface area contributed by atoms with Gasteiger partial charge in [-0.1, -0.05) is 31.1 Å². The highest BCUT2D eigenvalue weighted by Gasteiger charge is 2.35. The second-order valence-electron chi connectivity index (χ2n) is 5.37. The lowest BCUT2D eigenvalue weighted by atomic mass is 9.82. The molecule has 0 atom stereocenters. The minimum absolute atomic E-state index is 0.0696. The van der Waals surface area contributed by atoms with E-state index in [2.05, 4.69) is 10.5 Å². The topological polar surface area (TPSA) is 92.4 Å². The summed E-state index contributed by atoms with van der Waals surface area (Å²) >= 11 is 0. The number of carbonyl (C=O) groups is 2. The number of aromatic nitrogens is 1. The van der Waals surface area contributed by atoms with Gasteiger partial charge in [0.25, 0.3) is 0 Å². The van der Waals surface area contributed by atoms with E-state index < -0.39 is 11.4 Å². The fraction of sp³-hybridized carbons (Fsp3) is 0.438. The minimum atomic E-state index is -0.915. The highest BCUT2D eigenvalue weighted by Crippen LogP contribution is 2.25. The summed E-state index contributed by atoms with van der Waals surface area (Å²) in [7, 11) is 0. The molecule has 0 unspecified atom stereocenters. The average Bonchev–Trinajstić information content (AvgIpc) is 2.92. The third-order valence-electron chi connectivity index (χ3n) is 4.21. The molecule has 0 saturated heterocycles. The van der Waals surface area contributed by atoms with Crippen molar-refractivity contribution in [2.24, 2.45) is 5.41 Å². The molecule has 0 aliphatic heterocycles. The predicted octanol–water partition coefficient (Wildman–Crippen LogP) is 2.38. The fourth-order valence-electron chi connectivity index (χ4n) is 2.43. The van der Waals surface area contributed by atoms with E-state index in [1.165, 1.54) is 0 Å². The molecule has 6 heteroatoms. The number of nitrogens with zero attached hydrogens (tertiary/aromatic N) is 1. The van der Waals surface area contributed by atoms with Gasteiger partial charge in [0.2, 0.25) is 5.91 Å². The Kier molecular flexibility index (Phi) is 4.80. The summed E-state index contributed by atoms with van der Waals surface area (Å²) in [6.07, 6.45) is 0.998. The van der Waals surface area contributed by atoms with Crippen molar-refractivity contribution in [3.63, 3.8) is 0 Å². The molecule has 6 nitrogen and oxygen atoms in total. The maximum atomic E-state index is 12.1. The van der Waals surface area contributed by atoms with Crippen LogP contribution < -0.4 is 5.32 Å². The lowest BCUT2D eigenvalue weighted by molar-refractivity contribution is -0.149. The van der Waals surface area contributed by atoms with Crippen LogP contribution >= 0.6 is 0 Å². The second-order valence-corrected chi connectivity index (χ2v) is 5.37. The lowest BCUT2D eigenvalue weighted by Gasteiger charge is -2.26. The molecular formula is C16H20N2O4. The fourth-order valence-corrected chi connectivity index (χ4v) is 2.43. The molecule has 0 spiro atoms. The summed E-state index contributed by atoms with van der Waals surface area (Å²) in [5.41, 5.74) is 0.274. The molecule has 1 heterocycles. The van der Waals surface area contributed by atoms with Crippen molar-refractivity contribution < 1.29 is 19.2 Å². The molecule has 0 fully saturated rings. The Labute approximate surface area is 128 Å². The van der Waals surface area contributed by atoms with Crippen LogP contribution in [0, 0.1) is 5.41 Å². The first-order valence-electron chi connectivity index (χ1n) is 7.36. The number of fused-ring (bicyclic) bond motifs is 1. The number of rotatable bonds is 7. The van der Waals surface area contributed by atoms with Gasteiger partial charge in [0.1, 0.15) is 5.69 Å². The smallest absolute Gasteiger partial charge is 0.311 e. The monoisotopic (exact) mass is 304 g/mol. The molecule has 22 heavy (non-hydrogen) atoms. The van der Waals surface area contributed by atoms with Gasteiger partial charge < -0.3 is 14.9 Å². The maximum absolute atomic E-state index is 12.1. The molecule has 1 aromatic carbocycles. The molecule has 0 bridgehead atoms. The summed E-state index contributed by atoms with van der Waals surface area (Å²) in [4.78, 5) is 23.5. The molecular weight excluding hydrogens is 284 g/mol. The zero-order valence-electron chi connectivity index (χ0n) is 12.8. The van der Waals surface area contributed by atoms with Crippen LogP contribution in [0.5, 0.6) is 0 Å². The predicted molar refractivity (Wildman–Crippen MR) is 81.4 cm³/mol. The number of hydrogen-bond donors (Lipinski definition) is 2. The molecule has 2 N–H and O–H groups in total. The molecule has 2 aromatic rings. The summed E-state index contributed by atoms with van der Waals surface area (Å²) in [6, 6.07) is 7.31. The highest BCUT2D eigenvalue weighted by atomic mass is 16.5. The van der Waals surface area contributed by atoms with Crippen LogP contribution in [-0.4, -0.2) is 28.7 Å². The number of nitrogens with one attached hydrogen (secondary N) is 1. The number of aliphatic carboxylic acids is 1. The SMILES string of the molecule is CCC(CC)(CNC(=O)Cc1noc2ccccc12)C(=O)O. The number of carboxylic acid groups (broad SMARTS) is 1. The van der Waals surface area contributed by atoms with E-state index in [1.807, 2.05) is 32.0 Å². The van der Waals surface area contributed by atoms with Crippen LogP contribution in [0.15, 0.2) is 28.8 Å². The van der Waals surface area contributed by atoms with Crippen molar-refractivity contribution in [1.29, 1.82) is 0 Å². The van der Waals surface area contributed by atoms with Gasteiger partial charge in [-0.15, -0.1) is 0 Å². The number of carbonyl (C=O) groups excluding carboxylic acids is 1. The summed E-state index contributed by atoms with van der Waals surface area (Å²) in [5.74, 6) is -1.14. The Hall–Kier alpha value is -2.37. The molecule has 2 rings (SSSR count). The Morgan fingerprint density at radius 3 is 2.59 bits per heavy atom. The number of benzene rings is 1. The van der Waals surface area contributed by atoms with Gasteiger partial charge >= 0.3 is 5.97 Å². The Bertz CT molecular complexity index is 674. The van der Waals surface area contributed by atoms with Crippen molar-refractivity contribution in [3.05, 3.63) is 30.0 Å². The number of amides is 1. The third-order valence-corrected chi connectivity index (χ3v) is 4.21. The largest absolute Gasteiger partial charge is 0.481 e. The molecule has 0 aliphatic carbocycles. The van der Waals surface area contributed by atoms with E-state index in [0.29, 0.717) is 24.1 Å². The van der Waals surface area contributed by atoms with Gasteiger partial charge in [0, 0.05) is 11.9 Å². The highest BCUT2D eigenvalue weighted by molar-refractivity contribution is 5.86. The van der Waals surface area contributed by atoms with Crippen LogP contribution in [0.25, 0.3) is 11.0 Å². The average molecular weight is 304 g/mol. The summed E-state index contributed by atoms with van der Waals surface area (Å²) in [6.45, 7) is 3.74. The van der Waals surface area contributed by atoms with Crippen molar-refractivity contribution in [2.45, 2.75) is 33.1 Å². The van der Waals surface area contributed by atoms with Crippen LogP contribution in [0.1, 0.15) is 32.4 Å². The molecule has 0 saturated carbocycles. The Morgan fingerprint density at radius 2 is 1.95 bits per heavy atom. The van der Waals surface area contributed by atoms with E-state index >= 15 is 0 Å². The summed E-state index contributed by atoms with van der Waals surface area (Å²) in [5, 5.41) is 16.8. The van der Waals surface area contributed by atoms with Crippen molar-refractivity contribution in [1.82, 2.24) is 10.5 Å². The van der Waals surface area contributed by atoms with E-state index in [-0.39, 0.29) is 18.9 Å². The van der Waals surface area contributed by atoms with Crippen LogP contribution in [0.2, 0.25) is 0 Å². The third kappa shape index (κ3) is 3.10. The van der Waals surface area contributed by atoms with Gasteiger partial charge in [-0.3, -0.25) is 9.59 Å².